The van der Waals surface area contributed by atoms with Gasteiger partial charge in [-0.1, -0.05) is 0 Å². The number of rotatable bonds is 5. The number of fused-ring (bicyclic) bond motifs is 1. The third-order valence-electron chi connectivity index (χ3n) is 5.04. The summed E-state index contributed by atoms with van der Waals surface area (Å²) in [6, 6.07) is 3.54. The molecule has 0 bridgehead atoms. The molecule has 7 nitrogen and oxygen atoms in total. The van der Waals surface area contributed by atoms with E-state index in [4.69, 9.17) is 4.74 Å². The topological polar surface area (TPSA) is 73.5 Å². The highest BCUT2D eigenvalue weighted by molar-refractivity contribution is 5.94. The number of amides is 1. The largest absolute Gasteiger partial charge is 0.381 e. The molecule has 1 N–H and O–H groups in total. The number of nitrogens with zero attached hydrogens (tertiary/aromatic N) is 4. The van der Waals surface area contributed by atoms with Gasteiger partial charge in [-0.2, -0.15) is 0 Å². The van der Waals surface area contributed by atoms with E-state index in [1.165, 1.54) is 0 Å². The van der Waals surface area contributed by atoms with Crippen molar-refractivity contribution in [3.63, 3.8) is 0 Å². The smallest absolute Gasteiger partial charge is 0.253 e. The molecule has 0 saturated carbocycles. The van der Waals surface area contributed by atoms with Crippen molar-refractivity contribution in [2.75, 3.05) is 13.2 Å². The van der Waals surface area contributed by atoms with Crippen molar-refractivity contribution >= 4 is 11.6 Å². The normalized spacial score (nSPS) is 16.7. The van der Waals surface area contributed by atoms with Crippen LogP contribution in [-0.2, 0) is 11.3 Å². The number of imidazole rings is 2. The molecule has 0 spiro atoms. The van der Waals surface area contributed by atoms with Gasteiger partial charge in [0, 0.05) is 50.7 Å². The first-order valence-electron chi connectivity index (χ1n) is 9.08. The molecule has 0 aliphatic carbocycles. The summed E-state index contributed by atoms with van der Waals surface area (Å²) in [5.41, 5.74) is 1.44. The molecule has 4 rings (SSSR count). The summed E-state index contributed by atoms with van der Waals surface area (Å²) in [5, 5.41) is 3.23. The molecular weight excluding hydrogens is 330 g/mol. The first kappa shape index (κ1) is 16.8. The summed E-state index contributed by atoms with van der Waals surface area (Å²) in [5.74, 6) is 1.14. The number of pyridine rings is 1. The van der Waals surface area contributed by atoms with Crippen molar-refractivity contribution in [1.82, 2.24) is 24.3 Å². The zero-order chi connectivity index (χ0) is 17.9. The fourth-order valence-electron chi connectivity index (χ4n) is 3.59. The van der Waals surface area contributed by atoms with Gasteiger partial charge in [-0.15, -0.1) is 0 Å². The minimum Gasteiger partial charge on any atom is -0.381 e. The maximum atomic E-state index is 12.9. The summed E-state index contributed by atoms with van der Waals surface area (Å²) in [6.45, 7) is 4.36. The van der Waals surface area contributed by atoms with Crippen molar-refractivity contribution in [2.45, 2.75) is 32.4 Å². The summed E-state index contributed by atoms with van der Waals surface area (Å²) >= 11 is 0. The SMILES string of the molecule is CCn1ccnc1C(NC(=O)c1ccc2nccn2c1)C1CCOCC1. The van der Waals surface area contributed by atoms with Crippen LogP contribution in [0.3, 0.4) is 0 Å². The number of carbonyl (C=O) groups excluding carboxylic acids is 1. The van der Waals surface area contributed by atoms with Gasteiger partial charge in [0.25, 0.3) is 5.91 Å². The molecule has 1 saturated heterocycles. The van der Waals surface area contributed by atoms with E-state index in [-0.39, 0.29) is 11.9 Å². The lowest BCUT2D eigenvalue weighted by atomic mass is 9.90. The zero-order valence-corrected chi connectivity index (χ0v) is 14.8. The van der Waals surface area contributed by atoms with Crippen LogP contribution in [0.5, 0.6) is 0 Å². The van der Waals surface area contributed by atoms with E-state index < -0.39 is 0 Å². The Kier molecular flexibility index (Phi) is 4.71. The molecule has 1 aliphatic heterocycles. The zero-order valence-electron chi connectivity index (χ0n) is 14.8. The van der Waals surface area contributed by atoms with E-state index in [0.29, 0.717) is 11.5 Å². The predicted octanol–water partition coefficient (Wildman–Crippen LogP) is 2.45. The average Bonchev–Trinajstić information content (AvgIpc) is 3.34. The van der Waals surface area contributed by atoms with Gasteiger partial charge in [-0.25, -0.2) is 9.97 Å². The average molecular weight is 353 g/mol. The molecular formula is C19H23N5O2. The number of aromatic nitrogens is 4. The lowest BCUT2D eigenvalue weighted by molar-refractivity contribution is 0.0498. The molecule has 1 aliphatic rings. The number of carbonyl (C=O) groups is 1. The highest BCUT2D eigenvalue weighted by Gasteiger charge is 2.30. The Morgan fingerprint density at radius 3 is 2.88 bits per heavy atom. The molecule has 136 valence electrons. The minimum absolute atomic E-state index is 0.0947. The van der Waals surface area contributed by atoms with Crippen LogP contribution in [0, 0.1) is 5.92 Å². The molecule has 1 unspecified atom stereocenters. The van der Waals surface area contributed by atoms with Crippen LogP contribution in [-0.4, -0.2) is 38.1 Å². The van der Waals surface area contributed by atoms with Crippen LogP contribution in [0.25, 0.3) is 5.65 Å². The van der Waals surface area contributed by atoms with E-state index in [1.54, 1.807) is 12.4 Å². The van der Waals surface area contributed by atoms with E-state index in [2.05, 4.69) is 26.8 Å². The highest BCUT2D eigenvalue weighted by atomic mass is 16.5. The van der Waals surface area contributed by atoms with Gasteiger partial charge in [0.15, 0.2) is 0 Å². The van der Waals surface area contributed by atoms with Gasteiger partial charge < -0.3 is 19.0 Å². The second-order valence-corrected chi connectivity index (χ2v) is 6.58. The maximum absolute atomic E-state index is 12.9. The number of aryl methyl sites for hydroxylation is 1. The van der Waals surface area contributed by atoms with E-state index in [9.17, 15) is 4.79 Å². The Labute approximate surface area is 152 Å². The molecule has 26 heavy (non-hydrogen) atoms. The van der Waals surface area contributed by atoms with E-state index in [1.807, 2.05) is 35.1 Å². The third-order valence-corrected chi connectivity index (χ3v) is 5.04. The Hall–Kier alpha value is -2.67. The van der Waals surface area contributed by atoms with E-state index in [0.717, 1.165) is 44.1 Å². The first-order chi connectivity index (χ1) is 12.8. The lowest BCUT2D eigenvalue weighted by Crippen LogP contribution is -2.37. The van der Waals surface area contributed by atoms with Crippen LogP contribution >= 0.6 is 0 Å². The second kappa shape index (κ2) is 7.29. The Morgan fingerprint density at radius 1 is 1.27 bits per heavy atom. The van der Waals surface area contributed by atoms with Gasteiger partial charge in [0.2, 0.25) is 0 Å². The molecule has 0 radical (unpaired) electrons. The number of nitrogens with one attached hydrogen (secondary N) is 1. The van der Waals surface area contributed by atoms with Gasteiger partial charge in [0.05, 0.1) is 11.6 Å². The van der Waals surface area contributed by atoms with Gasteiger partial charge in [0.1, 0.15) is 11.5 Å². The predicted molar refractivity (Wildman–Crippen MR) is 96.8 cm³/mol. The molecule has 1 amide bonds. The van der Waals surface area contributed by atoms with Crippen LogP contribution in [0.1, 0.15) is 42.0 Å². The second-order valence-electron chi connectivity index (χ2n) is 6.58. The Morgan fingerprint density at radius 2 is 2.08 bits per heavy atom. The summed E-state index contributed by atoms with van der Waals surface area (Å²) in [6.07, 6.45) is 11.0. The van der Waals surface area contributed by atoms with Crippen molar-refractivity contribution in [3.05, 3.63) is 54.5 Å². The van der Waals surface area contributed by atoms with Gasteiger partial charge >= 0.3 is 0 Å². The molecule has 0 aromatic carbocycles. The maximum Gasteiger partial charge on any atom is 0.253 e. The van der Waals surface area contributed by atoms with Gasteiger partial charge in [-0.05, 0) is 37.8 Å². The van der Waals surface area contributed by atoms with Crippen LogP contribution in [0.2, 0.25) is 0 Å². The van der Waals surface area contributed by atoms with Crippen LogP contribution in [0.4, 0.5) is 0 Å². The fourth-order valence-corrected chi connectivity index (χ4v) is 3.59. The number of ether oxygens (including phenoxy) is 1. The van der Waals surface area contributed by atoms with Crippen LogP contribution in [0.15, 0.2) is 43.1 Å². The van der Waals surface area contributed by atoms with E-state index >= 15 is 0 Å². The molecule has 1 fully saturated rings. The summed E-state index contributed by atoms with van der Waals surface area (Å²) in [7, 11) is 0. The third kappa shape index (κ3) is 3.22. The number of hydrogen-bond donors (Lipinski definition) is 1. The molecule has 3 aromatic heterocycles. The fraction of sp³-hybridized carbons (Fsp3) is 0.421. The van der Waals surface area contributed by atoms with Crippen molar-refractivity contribution < 1.29 is 9.53 Å². The van der Waals surface area contributed by atoms with Crippen molar-refractivity contribution in [2.24, 2.45) is 5.92 Å². The monoisotopic (exact) mass is 353 g/mol. The highest BCUT2D eigenvalue weighted by Crippen LogP contribution is 2.29. The quantitative estimate of drug-likeness (QED) is 0.765. The molecule has 3 aromatic rings. The summed E-state index contributed by atoms with van der Waals surface area (Å²) in [4.78, 5) is 21.7. The van der Waals surface area contributed by atoms with Crippen molar-refractivity contribution in [1.29, 1.82) is 0 Å². The van der Waals surface area contributed by atoms with Gasteiger partial charge in [-0.3, -0.25) is 4.79 Å². The Balaban J connectivity index is 1.61. The Bertz CT molecular complexity index is 894. The number of hydrogen-bond acceptors (Lipinski definition) is 4. The lowest BCUT2D eigenvalue weighted by Gasteiger charge is -2.31. The summed E-state index contributed by atoms with van der Waals surface area (Å²) < 4.78 is 9.45. The first-order valence-corrected chi connectivity index (χ1v) is 9.08. The molecule has 1 atom stereocenters. The minimum atomic E-state index is -0.125. The van der Waals surface area contributed by atoms with Crippen LogP contribution < -0.4 is 5.32 Å². The molecule has 7 heteroatoms. The standard InChI is InChI=1S/C19H23N5O2/c1-2-23-9-8-21-18(23)17(14-5-11-26-12-6-14)22-19(25)15-3-4-16-20-7-10-24(16)13-15/h3-4,7-10,13-14,17H,2,5-6,11-12H2,1H3,(H,22,25). The molecule has 4 heterocycles. The van der Waals surface area contributed by atoms with Crippen molar-refractivity contribution in [3.8, 4) is 0 Å².